The molecule has 0 radical (unpaired) electrons. The first-order valence-corrected chi connectivity index (χ1v) is 3.78. The van der Waals surface area contributed by atoms with Gasteiger partial charge in [0.05, 0.1) is 18.8 Å². The highest BCUT2D eigenvalue weighted by molar-refractivity contribution is 4.59. The van der Waals surface area contributed by atoms with Crippen LogP contribution in [0.25, 0.3) is 0 Å². The van der Waals surface area contributed by atoms with Crippen molar-refractivity contribution in [2.45, 2.75) is 31.5 Å². The van der Waals surface area contributed by atoms with Crippen molar-refractivity contribution in [2.24, 2.45) is 0 Å². The van der Waals surface area contributed by atoms with Gasteiger partial charge in [-0.15, -0.1) is 0 Å². The molecule has 2 atom stereocenters. The normalized spacial score (nSPS) is 16.4. The van der Waals surface area contributed by atoms with E-state index in [9.17, 15) is 0 Å². The first kappa shape index (κ1) is 10.8. The summed E-state index contributed by atoms with van der Waals surface area (Å²) in [5.41, 5.74) is 0. The lowest BCUT2D eigenvalue weighted by atomic mass is 10.1. The lowest BCUT2D eigenvalue weighted by Gasteiger charge is -2.10. The van der Waals surface area contributed by atoms with Crippen LogP contribution in [0.1, 0.15) is 19.3 Å². The molecule has 0 fully saturated rings. The molecule has 0 spiro atoms. The fourth-order valence-corrected chi connectivity index (χ4v) is 0.769. The van der Waals surface area contributed by atoms with Crippen molar-refractivity contribution in [3.63, 3.8) is 0 Å². The lowest BCUT2D eigenvalue weighted by molar-refractivity contribution is 0.0617. The third-order valence-electron chi connectivity index (χ3n) is 1.51. The van der Waals surface area contributed by atoms with Crippen molar-refractivity contribution in [1.29, 1.82) is 0 Å². The Labute approximate surface area is 66.1 Å². The SMILES string of the molecule is OCCC(O)CCC(O)CO. The number of aliphatic hydroxyl groups excluding tert-OH is 4. The van der Waals surface area contributed by atoms with E-state index < -0.39 is 12.2 Å². The van der Waals surface area contributed by atoms with Gasteiger partial charge in [0.15, 0.2) is 0 Å². The first-order chi connectivity index (χ1) is 5.20. The van der Waals surface area contributed by atoms with Gasteiger partial charge in [-0.05, 0) is 19.3 Å². The van der Waals surface area contributed by atoms with Crippen molar-refractivity contribution >= 4 is 0 Å². The highest BCUT2D eigenvalue weighted by atomic mass is 16.3. The summed E-state index contributed by atoms with van der Waals surface area (Å²) in [7, 11) is 0. The summed E-state index contributed by atoms with van der Waals surface area (Å²) >= 11 is 0. The zero-order chi connectivity index (χ0) is 8.69. The molecule has 0 saturated carbocycles. The van der Waals surface area contributed by atoms with Crippen LogP contribution in [0.3, 0.4) is 0 Å². The number of hydrogen-bond acceptors (Lipinski definition) is 4. The maximum absolute atomic E-state index is 9.04. The molecule has 0 aliphatic rings. The average molecular weight is 164 g/mol. The van der Waals surface area contributed by atoms with Crippen LogP contribution >= 0.6 is 0 Å². The Morgan fingerprint density at radius 2 is 1.36 bits per heavy atom. The minimum Gasteiger partial charge on any atom is -0.396 e. The quantitative estimate of drug-likeness (QED) is 0.400. The number of rotatable bonds is 6. The van der Waals surface area contributed by atoms with Crippen LogP contribution in [0.2, 0.25) is 0 Å². The van der Waals surface area contributed by atoms with E-state index in [1.807, 2.05) is 0 Å². The molecule has 0 aromatic rings. The van der Waals surface area contributed by atoms with E-state index in [0.29, 0.717) is 19.3 Å². The van der Waals surface area contributed by atoms with Crippen molar-refractivity contribution in [3.8, 4) is 0 Å². The van der Waals surface area contributed by atoms with Gasteiger partial charge in [-0.25, -0.2) is 0 Å². The van der Waals surface area contributed by atoms with Crippen molar-refractivity contribution in [2.75, 3.05) is 13.2 Å². The third-order valence-corrected chi connectivity index (χ3v) is 1.51. The van der Waals surface area contributed by atoms with E-state index >= 15 is 0 Å². The van der Waals surface area contributed by atoms with Gasteiger partial charge in [-0.2, -0.15) is 0 Å². The van der Waals surface area contributed by atoms with Gasteiger partial charge >= 0.3 is 0 Å². The molecule has 0 heterocycles. The van der Waals surface area contributed by atoms with Gasteiger partial charge in [0.1, 0.15) is 0 Å². The number of hydrogen-bond donors (Lipinski definition) is 4. The molecule has 0 aromatic carbocycles. The average Bonchev–Trinajstić information content (AvgIpc) is 2.01. The monoisotopic (exact) mass is 164 g/mol. The molecule has 4 nitrogen and oxygen atoms in total. The zero-order valence-electron chi connectivity index (χ0n) is 6.48. The second kappa shape index (κ2) is 6.54. The van der Waals surface area contributed by atoms with Crippen LogP contribution in [0, 0.1) is 0 Å². The zero-order valence-corrected chi connectivity index (χ0v) is 6.48. The van der Waals surface area contributed by atoms with Crippen LogP contribution in [0.4, 0.5) is 0 Å². The Morgan fingerprint density at radius 1 is 0.818 bits per heavy atom. The van der Waals surface area contributed by atoms with Crippen molar-refractivity contribution in [1.82, 2.24) is 0 Å². The van der Waals surface area contributed by atoms with Crippen LogP contribution in [-0.2, 0) is 0 Å². The third kappa shape index (κ3) is 6.25. The highest BCUT2D eigenvalue weighted by Crippen LogP contribution is 2.03. The predicted octanol–water partition coefficient (Wildman–Crippen LogP) is -1.14. The van der Waals surface area contributed by atoms with Crippen LogP contribution in [-0.4, -0.2) is 45.8 Å². The molecule has 2 unspecified atom stereocenters. The summed E-state index contributed by atoms with van der Waals surface area (Å²) in [5, 5.41) is 34.7. The Bertz CT molecular complexity index is 86.5. The van der Waals surface area contributed by atoms with Gasteiger partial charge in [-0.3, -0.25) is 0 Å². The van der Waals surface area contributed by atoms with E-state index in [1.165, 1.54) is 0 Å². The lowest BCUT2D eigenvalue weighted by Crippen LogP contribution is -2.16. The summed E-state index contributed by atoms with van der Waals surface area (Å²) in [6, 6.07) is 0. The van der Waals surface area contributed by atoms with Crippen molar-refractivity contribution < 1.29 is 20.4 Å². The van der Waals surface area contributed by atoms with Crippen LogP contribution in [0.15, 0.2) is 0 Å². The molecule has 0 bridgehead atoms. The fraction of sp³-hybridized carbons (Fsp3) is 1.00. The van der Waals surface area contributed by atoms with E-state index in [0.717, 1.165) is 0 Å². The molecule has 68 valence electrons. The Kier molecular flexibility index (Phi) is 6.45. The summed E-state index contributed by atoms with van der Waals surface area (Å²) in [5.74, 6) is 0. The largest absolute Gasteiger partial charge is 0.396 e. The number of aliphatic hydroxyl groups is 4. The molecule has 0 aromatic heterocycles. The van der Waals surface area contributed by atoms with Crippen molar-refractivity contribution in [3.05, 3.63) is 0 Å². The summed E-state index contributed by atoms with van der Waals surface area (Å²) < 4.78 is 0. The van der Waals surface area contributed by atoms with E-state index in [1.54, 1.807) is 0 Å². The molecule has 0 rings (SSSR count). The molecule has 11 heavy (non-hydrogen) atoms. The summed E-state index contributed by atoms with van der Waals surface area (Å²) in [6.07, 6.45) is -0.192. The topological polar surface area (TPSA) is 80.9 Å². The molecule has 0 aliphatic carbocycles. The fourth-order valence-electron chi connectivity index (χ4n) is 0.769. The molecule has 0 amide bonds. The molecule has 0 aliphatic heterocycles. The van der Waals surface area contributed by atoms with Gasteiger partial charge in [-0.1, -0.05) is 0 Å². The van der Waals surface area contributed by atoms with Gasteiger partial charge in [0, 0.05) is 6.61 Å². The Hall–Kier alpha value is -0.160. The van der Waals surface area contributed by atoms with Gasteiger partial charge in [0.2, 0.25) is 0 Å². The summed E-state index contributed by atoms with van der Waals surface area (Å²) in [4.78, 5) is 0. The van der Waals surface area contributed by atoms with Crippen LogP contribution in [0.5, 0.6) is 0 Å². The Morgan fingerprint density at radius 3 is 1.82 bits per heavy atom. The standard InChI is InChI=1S/C7H16O4/c8-4-3-6(10)1-2-7(11)5-9/h6-11H,1-5H2. The minimum absolute atomic E-state index is 0.0453. The molecule has 4 heteroatoms. The highest BCUT2D eigenvalue weighted by Gasteiger charge is 2.07. The molecule has 0 saturated heterocycles. The second-order valence-electron chi connectivity index (χ2n) is 2.58. The predicted molar refractivity (Wildman–Crippen MR) is 40.0 cm³/mol. The van der Waals surface area contributed by atoms with E-state index in [-0.39, 0.29) is 13.2 Å². The smallest absolute Gasteiger partial charge is 0.0771 e. The Balaban J connectivity index is 3.22. The molecule has 4 N–H and O–H groups in total. The first-order valence-electron chi connectivity index (χ1n) is 3.78. The summed E-state index contributed by atoms with van der Waals surface area (Å²) in [6.45, 7) is -0.317. The maximum Gasteiger partial charge on any atom is 0.0771 e. The minimum atomic E-state index is -0.747. The molecular weight excluding hydrogens is 148 g/mol. The van der Waals surface area contributed by atoms with Crippen LogP contribution < -0.4 is 0 Å². The van der Waals surface area contributed by atoms with Gasteiger partial charge < -0.3 is 20.4 Å². The second-order valence-corrected chi connectivity index (χ2v) is 2.58. The van der Waals surface area contributed by atoms with E-state index in [2.05, 4.69) is 0 Å². The molecular formula is C7H16O4. The maximum atomic E-state index is 9.04. The van der Waals surface area contributed by atoms with Gasteiger partial charge in [0.25, 0.3) is 0 Å². The van der Waals surface area contributed by atoms with E-state index in [4.69, 9.17) is 20.4 Å².